The van der Waals surface area contributed by atoms with Gasteiger partial charge in [-0.05, 0) is 48.9 Å². The van der Waals surface area contributed by atoms with Crippen LogP contribution in [0.3, 0.4) is 0 Å². The van der Waals surface area contributed by atoms with E-state index < -0.39 is 17.6 Å². The molecule has 3 rings (SSSR count). The maximum absolute atomic E-state index is 14.5. The van der Waals surface area contributed by atoms with Crippen LogP contribution >= 0.6 is 11.6 Å². The van der Waals surface area contributed by atoms with Crippen molar-refractivity contribution in [1.82, 2.24) is 4.90 Å². The Bertz CT molecular complexity index is 957. The van der Waals surface area contributed by atoms with Gasteiger partial charge in [-0.25, -0.2) is 9.18 Å². The van der Waals surface area contributed by atoms with Crippen molar-refractivity contribution < 1.29 is 23.5 Å². The minimum atomic E-state index is -0.827. The Hall–Kier alpha value is -2.74. The fourth-order valence-corrected chi connectivity index (χ4v) is 3.26. The first kappa shape index (κ1) is 22.9. The third-order valence-corrected chi connectivity index (χ3v) is 5.00. The number of halogens is 2. The normalized spacial score (nSPS) is 14.9. The summed E-state index contributed by atoms with van der Waals surface area (Å²) in [5, 5.41) is 3.43. The number of Topliss-reactive ketones (excluding diaryl/α,β-unsaturated/α-hetero) is 1. The minimum Gasteiger partial charge on any atom is -0.462 e. The van der Waals surface area contributed by atoms with Gasteiger partial charge in [0.25, 0.3) is 0 Å². The van der Waals surface area contributed by atoms with Crippen LogP contribution in [-0.4, -0.2) is 49.6 Å². The molecular weight excluding hydrogens is 423 g/mol. The van der Waals surface area contributed by atoms with Crippen molar-refractivity contribution in [1.29, 1.82) is 0 Å². The van der Waals surface area contributed by atoms with Gasteiger partial charge in [0.15, 0.2) is 0 Å². The second kappa shape index (κ2) is 11.0. The van der Waals surface area contributed by atoms with Gasteiger partial charge in [0, 0.05) is 36.5 Å². The summed E-state index contributed by atoms with van der Waals surface area (Å²) in [5.74, 6) is -2.27. The van der Waals surface area contributed by atoms with E-state index in [1.807, 2.05) is 0 Å². The average Bonchev–Trinajstić information content (AvgIpc) is 2.77. The summed E-state index contributed by atoms with van der Waals surface area (Å²) in [6, 6.07) is 11.1. The Morgan fingerprint density at radius 3 is 2.58 bits per heavy atom. The van der Waals surface area contributed by atoms with E-state index in [0.717, 1.165) is 18.7 Å². The van der Waals surface area contributed by atoms with E-state index in [9.17, 15) is 14.0 Å². The average molecular weight is 447 g/mol. The quantitative estimate of drug-likeness (QED) is 0.217. The first-order valence-electron chi connectivity index (χ1n) is 10.0. The number of carbonyl (C=O) groups excluding carboxylic acids is 2. The highest BCUT2D eigenvalue weighted by Crippen LogP contribution is 2.19. The van der Waals surface area contributed by atoms with E-state index in [4.69, 9.17) is 21.1 Å². The lowest BCUT2D eigenvalue weighted by Crippen LogP contribution is -2.35. The number of carbonyl (C=O) groups is 2. The summed E-state index contributed by atoms with van der Waals surface area (Å²) >= 11 is 5.88. The largest absolute Gasteiger partial charge is 0.462 e. The van der Waals surface area contributed by atoms with Crippen molar-refractivity contribution in [2.24, 2.45) is 0 Å². The number of hydrogen-bond acceptors (Lipinski definition) is 6. The molecule has 0 radical (unpaired) electrons. The molecule has 0 saturated carbocycles. The number of rotatable bonds is 8. The summed E-state index contributed by atoms with van der Waals surface area (Å²) in [4.78, 5) is 27.7. The molecule has 6 nitrogen and oxygen atoms in total. The van der Waals surface area contributed by atoms with Crippen LogP contribution in [0.4, 0.5) is 10.1 Å². The molecule has 1 heterocycles. The SMILES string of the molecule is CCOC(=O)C(=CNc1ccc(Cl)cc1)C(=O)c1cc(CN2CCOCC2)ccc1F. The van der Waals surface area contributed by atoms with Gasteiger partial charge in [-0.3, -0.25) is 9.69 Å². The van der Waals surface area contributed by atoms with Gasteiger partial charge in [-0.15, -0.1) is 0 Å². The Morgan fingerprint density at radius 1 is 1.19 bits per heavy atom. The summed E-state index contributed by atoms with van der Waals surface area (Å²) in [7, 11) is 0. The Morgan fingerprint density at radius 2 is 1.90 bits per heavy atom. The number of anilines is 1. The highest BCUT2D eigenvalue weighted by molar-refractivity contribution is 6.30. The van der Waals surface area contributed by atoms with E-state index in [2.05, 4.69) is 10.2 Å². The van der Waals surface area contributed by atoms with Crippen molar-refractivity contribution in [2.75, 3.05) is 38.2 Å². The Balaban J connectivity index is 1.85. The monoisotopic (exact) mass is 446 g/mol. The molecule has 8 heteroatoms. The summed E-state index contributed by atoms with van der Waals surface area (Å²) in [6.07, 6.45) is 1.23. The number of nitrogens with one attached hydrogen (secondary N) is 1. The second-order valence-corrected chi connectivity index (χ2v) is 7.40. The van der Waals surface area contributed by atoms with E-state index in [1.165, 1.54) is 18.3 Å². The molecule has 1 fully saturated rings. The summed E-state index contributed by atoms with van der Waals surface area (Å²) < 4.78 is 24.9. The molecule has 31 heavy (non-hydrogen) atoms. The minimum absolute atomic E-state index is 0.0873. The van der Waals surface area contributed by atoms with Crippen LogP contribution in [0.25, 0.3) is 0 Å². The molecule has 0 aliphatic carbocycles. The van der Waals surface area contributed by atoms with Gasteiger partial charge in [0.05, 0.1) is 25.4 Å². The number of ether oxygens (including phenoxy) is 2. The van der Waals surface area contributed by atoms with Crippen LogP contribution in [-0.2, 0) is 20.8 Å². The number of nitrogens with zero attached hydrogens (tertiary/aromatic N) is 1. The molecule has 1 saturated heterocycles. The van der Waals surface area contributed by atoms with Crippen LogP contribution in [0.5, 0.6) is 0 Å². The molecule has 164 valence electrons. The lowest BCUT2D eigenvalue weighted by Gasteiger charge is -2.26. The van der Waals surface area contributed by atoms with Crippen LogP contribution in [0.1, 0.15) is 22.8 Å². The van der Waals surface area contributed by atoms with Crippen molar-refractivity contribution in [3.8, 4) is 0 Å². The van der Waals surface area contributed by atoms with Crippen molar-refractivity contribution in [3.63, 3.8) is 0 Å². The summed E-state index contributed by atoms with van der Waals surface area (Å²) in [6.45, 7) is 5.09. The van der Waals surface area contributed by atoms with Gasteiger partial charge in [-0.2, -0.15) is 0 Å². The molecule has 0 bridgehead atoms. The van der Waals surface area contributed by atoms with Crippen molar-refractivity contribution >= 4 is 29.0 Å². The van der Waals surface area contributed by atoms with Crippen LogP contribution in [0, 0.1) is 5.82 Å². The molecule has 0 aromatic heterocycles. The molecule has 2 aromatic rings. The standard InChI is InChI=1S/C23H24ClFN2O4/c1-2-31-23(29)20(14-26-18-6-4-17(24)5-7-18)22(28)19-13-16(3-8-21(19)25)15-27-9-11-30-12-10-27/h3-8,13-14,26H,2,9-12,15H2,1H3. The number of hydrogen-bond donors (Lipinski definition) is 1. The van der Waals surface area contributed by atoms with Gasteiger partial charge in [-0.1, -0.05) is 17.7 Å². The smallest absolute Gasteiger partial charge is 0.343 e. The Kier molecular flexibility index (Phi) is 8.17. The van der Waals surface area contributed by atoms with Crippen molar-refractivity contribution in [3.05, 3.63) is 76.2 Å². The van der Waals surface area contributed by atoms with Crippen molar-refractivity contribution in [2.45, 2.75) is 13.5 Å². The topological polar surface area (TPSA) is 67.9 Å². The third kappa shape index (κ3) is 6.37. The molecular formula is C23H24ClFN2O4. The van der Waals surface area contributed by atoms with Gasteiger partial charge >= 0.3 is 5.97 Å². The van der Waals surface area contributed by atoms with E-state index in [0.29, 0.717) is 30.5 Å². The predicted octanol–water partition coefficient (Wildman–Crippen LogP) is 4.05. The number of benzene rings is 2. The van der Waals surface area contributed by atoms with Gasteiger partial charge < -0.3 is 14.8 Å². The molecule has 2 aromatic carbocycles. The zero-order chi connectivity index (χ0) is 22.2. The zero-order valence-electron chi connectivity index (χ0n) is 17.2. The maximum atomic E-state index is 14.5. The van der Waals surface area contributed by atoms with Crippen LogP contribution in [0.2, 0.25) is 5.02 Å². The van der Waals surface area contributed by atoms with Crippen LogP contribution < -0.4 is 5.32 Å². The number of esters is 1. The molecule has 0 amide bonds. The van der Waals surface area contributed by atoms with E-state index in [-0.39, 0.29) is 17.7 Å². The summed E-state index contributed by atoms with van der Waals surface area (Å²) in [5.41, 5.74) is 0.920. The maximum Gasteiger partial charge on any atom is 0.343 e. The lowest BCUT2D eigenvalue weighted by molar-refractivity contribution is -0.138. The molecule has 1 aliphatic rings. The van der Waals surface area contributed by atoms with E-state index in [1.54, 1.807) is 37.3 Å². The highest BCUT2D eigenvalue weighted by Gasteiger charge is 2.24. The molecule has 0 atom stereocenters. The molecule has 1 N–H and O–H groups in total. The zero-order valence-corrected chi connectivity index (χ0v) is 18.0. The fraction of sp³-hybridized carbons (Fsp3) is 0.304. The molecule has 1 aliphatic heterocycles. The third-order valence-electron chi connectivity index (χ3n) is 4.75. The molecule has 0 unspecified atom stereocenters. The predicted molar refractivity (Wildman–Crippen MR) is 117 cm³/mol. The first-order valence-corrected chi connectivity index (χ1v) is 10.4. The molecule has 0 spiro atoms. The number of morpholine rings is 1. The highest BCUT2D eigenvalue weighted by atomic mass is 35.5. The lowest BCUT2D eigenvalue weighted by atomic mass is 10.0. The number of ketones is 1. The van der Waals surface area contributed by atoms with Gasteiger partial charge in [0.1, 0.15) is 11.4 Å². The van der Waals surface area contributed by atoms with E-state index >= 15 is 0 Å². The van der Waals surface area contributed by atoms with Crippen LogP contribution in [0.15, 0.2) is 54.2 Å². The Labute approximate surface area is 185 Å². The second-order valence-electron chi connectivity index (χ2n) is 6.96. The fourth-order valence-electron chi connectivity index (χ4n) is 3.13. The first-order chi connectivity index (χ1) is 15.0. The van der Waals surface area contributed by atoms with Gasteiger partial charge in [0.2, 0.25) is 5.78 Å².